The zero-order chi connectivity index (χ0) is 13.3. The highest BCUT2D eigenvalue weighted by Gasteiger charge is 2.17. The van der Waals surface area contributed by atoms with E-state index >= 15 is 0 Å². The Labute approximate surface area is 117 Å². The molecule has 2 rings (SSSR count). The first-order valence-corrected chi connectivity index (χ1v) is 6.57. The van der Waals surface area contributed by atoms with Crippen LogP contribution in [0.1, 0.15) is 19.0 Å². The van der Waals surface area contributed by atoms with Gasteiger partial charge in [0, 0.05) is 23.2 Å². The van der Waals surface area contributed by atoms with Crippen LogP contribution in [0.15, 0.2) is 18.2 Å². The van der Waals surface area contributed by atoms with Crippen molar-refractivity contribution in [2.75, 3.05) is 5.73 Å². The second kappa shape index (κ2) is 5.21. The Morgan fingerprint density at radius 3 is 2.67 bits per heavy atom. The molecule has 0 atom stereocenters. The van der Waals surface area contributed by atoms with Gasteiger partial charge in [-0.25, -0.2) is 0 Å². The van der Waals surface area contributed by atoms with Gasteiger partial charge in [-0.15, -0.1) is 0 Å². The van der Waals surface area contributed by atoms with Crippen molar-refractivity contribution in [2.24, 2.45) is 7.05 Å². The fourth-order valence-electron chi connectivity index (χ4n) is 1.99. The number of hydrogen-bond donors (Lipinski definition) is 1. The molecule has 2 aromatic rings. The lowest BCUT2D eigenvalue weighted by atomic mass is 10.0. The number of nitrogens with zero attached hydrogens (tertiary/aromatic N) is 2. The van der Waals surface area contributed by atoms with Crippen LogP contribution in [0.2, 0.25) is 10.0 Å². The number of hydrogen-bond acceptors (Lipinski definition) is 2. The van der Waals surface area contributed by atoms with Crippen LogP contribution < -0.4 is 5.73 Å². The van der Waals surface area contributed by atoms with Gasteiger partial charge in [0.25, 0.3) is 0 Å². The van der Waals surface area contributed by atoms with Gasteiger partial charge in [-0.3, -0.25) is 4.68 Å². The minimum atomic E-state index is 0.597. The molecule has 0 saturated heterocycles. The molecule has 96 valence electrons. The summed E-state index contributed by atoms with van der Waals surface area (Å²) in [6.45, 7) is 2.11. The number of aryl methyl sites for hydroxylation is 2. The molecule has 18 heavy (non-hydrogen) atoms. The zero-order valence-electron chi connectivity index (χ0n) is 10.4. The molecule has 1 aromatic heterocycles. The number of nitrogens with two attached hydrogens (primary N) is 1. The maximum Gasteiger partial charge on any atom is 0.129 e. The van der Waals surface area contributed by atoms with E-state index in [0.29, 0.717) is 15.9 Å². The van der Waals surface area contributed by atoms with Gasteiger partial charge >= 0.3 is 0 Å². The van der Waals surface area contributed by atoms with E-state index in [2.05, 4.69) is 12.0 Å². The molecule has 1 aromatic carbocycles. The topological polar surface area (TPSA) is 43.8 Å². The third-order valence-electron chi connectivity index (χ3n) is 2.85. The fraction of sp³-hybridized carbons (Fsp3) is 0.308. The summed E-state index contributed by atoms with van der Waals surface area (Å²) in [5.41, 5.74) is 8.86. The molecule has 0 saturated carbocycles. The maximum atomic E-state index is 6.24. The van der Waals surface area contributed by atoms with Crippen molar-refractivity contribution >= 4 is 29.0 Å². The third kappa shape index (κ3) is 2.33. The smallest absolute Gasteiger partial charge is 0.129 e. The minimum absolute atomic E-state index is 0.597. The molecule has 5 heteroatoms. The summed E-state index contributed by atoms with van der Waals surface area (Å²) in [7, 11) is 1.84. The van der Waals surface area contributed by atoms with E-state index in [1.165, 1.54) is 0 Å². The lowest BCUT2D eigenvalue weighted by Gasteiger charge is -2.06. The van der Waals surface area contributed by atoms with E-state index in [4.69, 9.17) is 28.9 Å². The zero-order valence-corrected chi connectivity index (χ0v) is 11.9. The van der Waals surface area contributed by atoms with E-state index in [1.54, 1.807) is 10.7 Å². The first-order valence-electron chi connectivity index (χ1n) is 5.81. The van der Waals surface area contributed by atoms with Crippen LogP contribution in [-0.2, 0) is 13.5 Å². The van der Waals surface area contributed by atoms with Crippen molar-refractivity contribution in [1.29, 1.82) is 0 Å². The summed E-state index contributed by atoms with van der Waals surface area (Å²) in [6.07, 6.45) is 1.88. The molecular weight excluding hydrogens is 269 g/mol. The molecule has 0 amide bonds. The molecule has 0 radical (unpaired) electrons. The average molecular weight is 284 g/mol. The van der Waals surface area contributed by atoms with Gasteiger partial charge in [-0.1, -0.05) is 42.6 Å². The summed E-state index contributed by atoms with van der Waals surface area (Å²) >= 11 is 12.2. The molecule has 0 unspecified atom stereocenters. The maximum absolute atomic E-state index is 6.24. The Bertz CT molecular complexity index is 576. The summed E-state index contributed by atoms with van der Waals surface area (Å²) in [4.78, 5) is 0. The number of halogens is 2. The predicted molar refractivity (Wildman–Crippen MR) is 77.1 cm³/mol. The number of anilines is 1. The van der Waals surface area contributed by atoms with Crippen LogP contribution in [0.25, 0.3) is 11.1 Å². The van der Waals surface area contributed by atoms with Crippen molar-refractivity contribution in [3.8, 4) is 11.1 Å². The molecule has 0 aliphatic heterocycles. The predicted octanol–water partition coefficient (Wildman–Crippen LogP) is 3.93. The molecule has 1 heterocycles. The normalized spacial score (nSPS) is 10.9. The first-order chi connectivity index (χ1) is 8.54. The fourth-order valence-corrected chi connectivity index (χ4v) is 2.50. The van der Waals surface area contributed by atoms with Crippen LogP contribution in [0.5, 0.6) is 0 Å². The molecule has 0 aliphatic carbocycles. The largest absolute Gasteiger partial charge is 0.383 e. The van der Waals surface area contributed by atoms with Crippen molar-refractivity contribution in [2.45, 2.75) is 19.8 Å². The Balaban J connectivity index is 2.62. The Morgan fingerprint density at radius 2 is 2.06 bits per heavy atom. The van der Waals surface area contributed by atoms with Crippen LogP contribution in [-0.4, -0.2) is 9.78 Å². The van der Waals surface area contributed by atoms with Crippen LogP contribution in [0.3, 0.4) is 0 Å². The monoisotopic (exact) mass is 283 g/mol. The summed E-state index contributed by atoms with van der Waals surface area (Å²) in [5.74, 6) is 0.627. The quantitative estimate of drug-likeness (QED) is 0.928. The Kier molecular flexibility index (Phi) is 3.83. The highest BCUT2D eigenvalue weighted by atomic mass is 35.5. The SMILES string of the molecule is CCCc1nn(C)c(N)c1-c1ccc(Cl)cc1Cl. The Hall–Kier alpha value is -1.19. The van der Waals surface area contributed by atoms with Crippen LogP contribution in [0, 0.1) is 0 Å². The lowest BCUT2D eigenvalue weighted by molar-refractivity contribution is 0.741. The van der Waals surface area contributed by atoms with E-state index in [0.717, 1.165) is 29.7 Å². The summed E-state index contributed by atoms with van der Waals surface area (Å²) in [6, 6.07) is 5.42. The van der Waals surface area contributed by atoms with Crippen LogP contribution in [0.4, 0.5) is 5.82 Å². The van der Waals surface area contributed by atoms with Crippen molar-refractivity contribution in [3.63, 3.8) is 0 Å². The van der Waals surface area contributed by atoms with Gasteiger partial charge in [0.2, 0.25) is 0 Å². The van der Waals surface area contributed by atoms with Crippen molar-refractivity contribution in [1.82, 2.24) is 9.78 Å². The van der Waals surface area contributed by atoms with E-state index in [-0.39, 0.29) is 0 Å². The van der Waals surface area contributed by atoms with Gasteiger partial charge in [-0.2, -0.15) is 5.10 Å². The first kappa shape index (κ1) is 13.2. The van der Waals surface area contributed by atoms with Crippen molar-refractivity contribution < 1.29 is 0 Å². The second-order valence-corrected chi connectivity index (χ2v) is 5.05. The minimum Gasteiger partial charge on any atom is -0.383 e. The Morgan fingerprint density at radius 1 is 1.33 bits per heavy atom. The molecule has 3 nitrogen and oxygen atoms in total. The number of nitrogen functional groups attached to an aromatic ring is 1. The lowest BCUT2D eigenvalue weighted by Crippen LogP contribution is -1.98. The van der Waals surface area contributed by atoms with Crippen molar-refractivity contribution in [3.05, 3.63) is 33.9 Å². The summed E-state index contributed by atoms with van der Waals surface area (Å²) in [5, 5.41) is 5.65. The molecule has 0 bridgehead atoms. The highest BCUT2D eigenvalue weighted by Crippen LogP contribution is 2.36. The standard InChI is InChI=1S/C13H15Cl2N3/c1-3-4-11-12(13(16)18(2)17-11)9-6-5-8(14)7-10(9)15/h5-7H,3-4,16H2,1-2H3. The molecule has 0 fully saturated rings. The van der Waals surface area contributed by atoms with Gasteiger partial charge in [0.05, 0.1) is 10.7 Å². The van der Waals surface area contributed by atoms with Gasteiger partial charge in [0.15, 0.2) is 0 Å². The highest BCUT2D eigenvalue weighted by molar-refractivity contribution is 6.36. The average Bonchev–Trinajstić information content (AvgIpc) is 2.57. The molecular formula is C13H15Cl2N3. The molecule has 0 spiro atoms. The van der Waals surface area contributed by atoms with E-state index in [9.17, 15) is 0 Å². The van der Waals surface area contributed by atoms with E-state index < -0.39 is 0 Å². The molecule has 0 aliphatic rings. The van der Waals surface area contributed by atoms with Crippen LogP contribution >= 0.6 is 23.2 Å². The molecule has 2 N–H and O–H groups in total. The second-order valence-electron chi connectivity index (χ2n) is 4.20. The van der Waals surface area contributed by atoms with Gasteiger partial charge < -0.3 is 5.73 Å². The third-order valence-corrected chi connectivity index (χ3v) is 3.40. The number of benzene rings is 1. The van der Waals surface area contributed by atoms with Gasteiger partial charge in [-0.05, 0) is 18.6 Å². The van der Waals surface area contributed by atoms with E-state index in [1.807, 2.05) is 19.2 Å². The number of rotatable bonds is 3. The summed E-state index contributed by atoms with van der Waals surface area (Å²) < 4.78 is 1.69. The van der Waals surface area contributed by atoms with Gasteiger partial charge in [0.1, 0.15) is 5.82 Å². The number of aromatic nitrogens is 2.